The van der Waals surface area contributed by atoms with E-state index in [0.717, 1.165) is 23.3 Å². The maximum Gasteiger partial charge on any atom is 0.130 e. The van der Waals surface area contributed by atoms with Crippen LogP contribution in [-0.4, -0.2) is 32.2 Å². The Balaban J connectivity index is 1.97. The van der Waals surface area contributed by atoms with Crippen LogP contribution >= 0.6 is 0 Å². The van der Waals surface area contributed by atoms with E-state index < -0.39 is 0 Å². The molecule has 1 heterocycles. The normalized spacial score (nSPS) is 19.5. The van der Waals surface area contributed by atoms with Crippen LogP contribution in [0.15, 0.2) is 42.5 Å². The molecule has 1 aliphatic rings. The number of benzene rings is 3. The zero-order valence-corrected chi connectivity index (χ0v) is 17.7. The third kappa shape index (κ3) is 2.85. The van der Waals surface area contributed by atoms with Crippen LogP contribution in [0.3, 0.4) is 0 Å². The SMILES string of the molecule is COc1cccc2c(-c3ccc4c(c3)[C@H](C)N(C)[C@@H](C)C4)c(C)cc(OC)c12. The van der Waals surface area contributed by atoms with E-state index in [1.165, 1.54) is 33.2 Å². The Bertz CT molecular complexity index is 1040. The number of nitrogens with zero attached hydrogens (tertiary/aromatic N) is 1. The molecule has 0 unspecified atom stereocenters. The number of hydrogen-bond donors (Lipinski definition) is 0. The Morgan fingerprint density at radius 2 is 1.71 bits per heavy atom. The molecule has 0 aromatic heterocycles. The lowest BCUT2D eigenvalue weighted by Crippen LogP contribution is -2.37. The van der Waals surface area contributed by atoms with Gasteiger partial charge in [0.2, 0.25) is 0 Å². The van der Waals surface area contributed by atoms with Gasteiger partial charge in [-0.25, -0.2) is 0 Å². The lowest BCUT2D eigenvalue weighted by Gasteiger charge is -2.38. The van der Waals surface area contributed by atoms with Gasteiger partial charge < -0.3 is 9.47 Å². The second-order valence-electron chi connectivity index (χ2n) is 7.96. The highest BCUT2D eigenvalue weighted by atomic mass is 16.5. The first-order chi connectivity index (χ1) is 13.5. The molecule has 2 atom stereocenters. The molecule has 3 heteroatoms. The van der Waals surface area contributed by atoms with Crippen molar-refractivity contribution in [3.8, 4) is 22.6 Å². The summed E-state index contributed by atoms with van der Waals surface area (Å²) in [4.78, 5) is 2.47. The second kappa shape index (κ2) is 7.14. The lowest BCUT2D eigenvalue weighted by molar-refractivity contribution is 0.179. The van der Waals surface area contributed by atoms with E-state index >= 15 is 0 Å². The summed E-state index contributed by atoms with van der Waals surface area (Å²) in [6.45, 7) is 6.77. The quantitative estimate of drug-likeness (QED) is 0.580. The van der Waals surface area contributed by atoms with Crippen molar-refractivity contribution in [2.24, 2.45) is 0 Å². The summed E-state index contributed by atoms with van der Waals surface area (Å²) in [5.41, 5.74) is 6.62. The van der Waals surface area contributed by atoms with Crippen LogP contribution in [0.2, 0.25) is 0 Å². The van der Waals surface area contributed by atoms with Gasteiger partial charge in [0.15, 0.2) is 0 Å². The third-order valence-electron chi connectivity index (χ3n) is 6.43. The van der Waals surface area contributed by atoms with Crippen molar-refractivity contribution in [1.82, 2.24) is 4.90 Å². The highest BCUT2D eigenvalue weighted by Crippen LogP contribution is 2.43. The number of hydrogen-bond acceptors (Lipinski definition) is 3. The van der Waals surface area contributed by atoms with Gasteiger partial charge in [-0.05, 0) is 85.6 Å². The monoisotopic (exact) mass is 375 g/mol. The summed E-state index contributed by atoms with van der Waals surface area (Å²) >= 11 is 0. The lowest BCUT2D eigenvalue weighted by atomic mass is 9.85. The molecule has 0 aliphatic carbocycles. The molecule has 0 bridgehead atoms. The molecule has 4 rings (SSSR count). The Morgan fingerprint density at radius 1 is 0.964 bits per heavy atom. The summed E-state index contributed by atoms with van der Waals surface area (Å²) in [5.74, 6) is 1.70. The largest absolute Gasteiger partial charge is 0.496 e. The molecule has 3 nitrogen and oxygen atoms in total. The van der Waals surface area contributed by atoms with Gasteiger partial charge in [-0.15, -0.1) is 0 Å². The van der Waals surface area contributed by atoms with Gasteiger partial charge in [0.1, 0.15) is 11.5 Å². The van der Waals surface area contributed by atoms with Crippen molar-refractivity contribution in [1.29, 1.82) is 0 Å². The first-order valence-corrected chi connectivity index (χ1v) is 9.95. The number of rotatable bonds is 3. The van der Waals surface area contributed by atoms with E-state index in [-0.39, 0.29) is 0 Å². The molecular formula is C25H29NO2. The summed E-state index contributed by atoms with van der Waals surface area (Å²) in [5, 5.41) is 2.20. The summed E-state index contributed by atoms with van der Waals surface area (Å²) in [6.07, 6.45) is 1.10. The van der Waals surface area contributed by atoms with Crippen LogP contribution in [0, 0.1) is 6.92 Å². The molecule has 0 amide bonds. The van der Waals surface area contributed by atoms with Crippen molar-refractivity contribution < 1.29 is 9.47 Å². The van der Waals surface area contributed by atoms with Crippen LogP contribution in [0.25, 0.3) is 21.9 Å². The molecule has 28 heavy (non-hydrogen) atoms. The van der Waals surface area contributed by atoms with E-state index in [9.17, 15) is 0 Å². The first kappa shape index (κ1) is 18.8. The van der Waals surface area contributed by atoms with Crippen LogP contribution < -0.4 is 9.47 Å². The smallest absolute Gasteiger partial charge is 0.130 e. The Kier molecular flexibility index (Phi) is 4.80. The highest BCUT2D eigenvalue weighted by Gasteiger charge is 2.27. The molecule has 3 aromatic rings. The Morgan fingerprint density at radius 3 is 2.43 bits per heavy atom. The molecule has 0 spiro atoms. The van der Waals surface area contributed by atoms with Crippen LogP contribution in [0.1, 0.15) is 36.6 Å². The van der Waals surface area contributed by atoms with Gasteiger partial charge in [-0.1, -0.05) is 24.3 Å². The maximum atomic E-state index is 5.69. The van der Waals surface area contributed by atoms with Crippen molar-refractivity contribution in [2.75, 3.05) is 21.3 Å². The highest BCUT2D eigenvalue weighted by molar-refractivity contribution is 6.04. The number of methoxy groups -OCH3 is 2. The molecule has 0 saturated carbocycles. The standard InChI is InChI=1S/C25H29NO2/c1-15-12-23(28-6)25-20(8-7-9-22(25)27-5)24(15)19-11-10-18-13-16(2)26(4)17(3)21(18)14-19/h7-12,14,16-17H,13H2,1-6H3/t16-,17-/m0/s1. The number of aryl methyl sites for hydroxylation is 1. The molecule has 0 saturated heterocycles. The minimum atomic E-state index is 0.415. The second-order valence-corrected chi connectivity index (χ2v) is 7.96. The molecule has 0 fully saturated rings. The van der Waals surface area contributed by atoms with Crippen molar-refractivity contribution >= 4 is 10.8 Å². The predicted octanol–water partition coefficient (Wildman–Crippen LogP) is 5.77. The summed E-state index contributed by atoms with van der Waals surface area (Å²) in [7, 11) is 5.66. The van der Waals surface area contributed by atoms with Crippen molar-refractivity contribution in [3.05, 3.63) is 59.2 Å². The Labute approximate surface area is 167 Å². The van der Waals surface area contributed by atoms with Gasteiger partial charge in [-0.2, -0.15) is 0 Å². The van der Waals surface area contributed by atoms with E-state index in [0.29, 0.717) is 12.1 Å². The summed E-state index contributed by atoms with van der Waals surface area (Å²) < 4.78 is 11.3. The third-order valence-corrected chi connectivity index (χ3v) is 6.43. The van der Waals surface area contributed by atoms with Crippen molar-refractivity contribution in [3.63, 3.8) is 0 Å². The average Bonchev–Trinajstić information content (AvgIpc) is 2.71. The number of ether oxygens (including phenoxy) is 2. The minimum absolute atomic E-state index is 0.415. The first-order valence-electron chi connectivity index (χ1n) is 9.95. The van der Waals surface area contributed by atoms with Crippen molar-refractivity contribution in [2.45, 2.75) is 39.3 Å². The predicted molar refractivity (Wildman–Crippen MR) is 117 cm³/mol. The number of likely N-dealkylation sites (N-methyl/N-ethyl adjacent to an activating group) is 1. The maximum absolute atomic E-state index is 5.69. The van der Waals surface area contributed by atoms with Gasteiger partial charge in [0.25, 0.3) is 0 Å². The molecular weight excluding hydrogens is 346 g/mol. The topological polar surface area (TPSA) is 21.7 Å². The van der Waals surface area contributed by atoms with Gasteiger partial charge in [0.05, 0.1) is 19.6 Å². The van der Waals surface area contributed by atoms with Gasteiger partial charge in [-0.3, -0.25) is 4.90 Å². The fourth-order valence-corrected chi connectivity index (χ4v) is 4.65. The zero-order chi connectivity index (χ0) is 20.0. The fourth-order valence-electron chi connectivity index (χ4n) is 4.65. The van der Waals surface area contributed by atoms with Gasteiger partial charge >= 0.3 is 0 Å². The molecule has 0 radical (unpaired) electrons. The van der Waals surface area contributed by atoms with E-state index in [1.807, 2.05) is 6.07 Å². The number of fused-ring (bicyclic) bond motifs is 2. The van der Waals surface area contributed by atoms with Crippen LogP contribution in [0.5, 0.6) is 11.5 Å². The van der Waals surface area contributed by atoms with E-state index in [4.69, 9.17) is 9.47 Å². The zero-order valence-electron chi connectivity index (χ0n) is 17.7. The van der Waals surface area contributed by atoms with Crippen LogP contribution in [-0.2, 0) is 6.42 Å². The van der Waals surface area contributed by atoms with E-state index in [1.54, 1.807) is 14.2 Å². The average molecular weight is 376 g/mol. The molecule has 3 aromatic carbocycles. The van der Waals surface area contributed by atoms with Gasteiger partial charge in [0, 0.05) is 12.1 Å². The summed E-state index contributed by atoms with van der Waals surface area (Å²) in [6, 6.07) is 16.3. The Hall–Kier alpha value is -2.52. The molecule has 146 valence electrons. The molecule has 1 aliphatic heterocycles. The minimum Gasteiger partial charge on any atom is -0.496 e. The van der Waals surface area contributed by atoms with E-state index in [2.05, 4.69) is 69.1 Å². The van der Waals surface area contributed by atoms with Crippen LogP contribution in [0.4, 0.5) is 0 Å². The fraction of sp³-hybridized carbons (Fsp3) is 0.360. The molecule has 0 N–H and O–H groups in total.